The van der Waals surface area contributed by atoms with Crippen LogP contribution in [0.2, 0.25) is 5.28 Å². The Hall–Kier alpha value is -1.07. The Kier molecular flexibility index (Phi) is 3.69. The first-order valence-corrected chi connectivity index (χ1v) is 6.15. The van der Waals surface area contributed by atoms with Gasteiger partial charge in [-0.05, 0) is 37.3 Å². The number of nitrogens with two attached hydrogens (primary N) is 1. The van der Waals surface area contributed by atoms with Gasteiger partial charge in [0.15, 0.2) is 5.82 Å². The van der Waals surface area contributed by atoms with Crippen LogP contribution in [-0.2, 0) is 0 Å². The lowest BCUT2D eigenvalue weighted by atomic mass is 10.1. The third-order valence-corrected chi connectivity index (χ3v) is 3.38. The molecule has 1 aromatic rings. The number of nitrogens with zero attached hydrogens (tertiary/aromatic N) is 3. The predicted molar refractivity (Wildman–Crippen MR) is 68.2 cm³/mol. The molecule has 2 heterocycles. The summed E-state index contributed by atoms with van der Waals surface area (Å²) in [5.74, 6) is 1.23. The summed E-state index contributed by atoms with van der Waals surface area (Å²) in [6, 6.07) is 0. The fourth-order valence-corrected chi connectivity index (χ4v) is 2.42. The van der Waals surface area contributed by atoms with Crippen LogP contribution in [0.3, 0.4) is 0 Å². The first kappa shape index (κ1) is 12.4. The van der Waals surface area contributed by atoms with Gasteiger partial charge >= 0.3 is 0 Å². The molecular formula is C11H17ClN4O. The maximum absolute atomic E-state index is 8.94. The van der Waals surface area contributed by atoms with Crippen molar-refractivity contribution >= 4 is 23.1 Å². The highest BCUT2D eigenvalue weighted by Gasteiger charge is 2.25. The van der Waals surface area contributed by atoms with Crippen LogP contribution in [0.5, 0.6) is 0 Å². The van der Waals surface area contributed by atoms with Gasteiger partial charge in [-0.25, -0.2) is 4.98 Å². The molecule has 1 saturated heterocycles. The van der Waals surface area contributed by atoms with Gasteiger partial charge in [0.1, 0.15) is 0 Å². The van der Waals surface area contributed by atoms with Crippen LogP contribution in [0.25, 0.3) is 0 Å². The van der Waals surface area contributed by atoms with E-state index in [2.05, 4.69) is 14.9 Å². The molecule has 0 aliphatic carbocycles. The summed E-state index contributed by atoms with van der Waals surface area (Å²) in [5, 5.41) is 9.17. The van der Waals surface area contributed by atoms with E-state index in [0.29, 0.717) is 17.3 Å². The molecule has 2 rings (SSSR count). The van der Waals surface area contributed by atoms with Crippen LogP contribution in [0.1, 0.15) is 18.5 Å². The summed E-state index contributed by atoms with van der Waals surface area (Å²) in [5.41, 5.74) is 7.29. The van der Waals surface area contributed by atoms with Crippen molar-refractivity contribution in [1.29, 1.82) is 0 Å². The van der Waals surface area contributed by atoms with Gasteiger partial charge in [-0.2, -0.15) is 4.98 Å². The minimum absolute atomic E-state index is 0.234. The zero-order chi connectivity index (χ0) is 12.4. The number of rotatable bonds is 3. The predicted octanol–water partition coefficient (Wildman–Crippen LogP) is 1.23. The third-order valence-electron chi connectivity index (χ3n) is 3.21. The molecule has 0 spiro atoms. The van der Waals surface area contributed by atoms with E-state index in [1.807, 2.05) is 6.92 Å². The molecule has 0 aromatic carbocycles. The molecule has 1 fully saturated rings. The van der Waals surface area contributed by atoms with E-state index in [9.17, 15) is 0 Å². The highest BCUT2D eigenvalue weighted by molar-refractivity contribution is 6.28. The van der Waals surface area contributed by atoms with Gasteiger partial charge < -0.3 is 15.7 Å². The highest BCUT2D eigenvalue weighted by Crippen LogP contribution is 2.30. The molecular weight excluding hydrogens is 240 g/mol. The molecule has 1 aliphatic heterocycles. The molecule has 1 atom stereocenters. The molecule has 1 unspecified atom stereocenters. The topological polar surface area (TPSA) is 75.3 Å². The van der Waals surface area contributed by atoms with E-state index >= 15 is 0 Å². The molecule has 3 N–H and O–H groups in total. The first-order chi connectivity index (χ1) is 8.11. The summed E-state index contributed by atoms with van der Waals surface area (Å²) in [6.07, 6.45) is 1.88. The maximum atomic E-state index is 8.94. The minimum atomic E-state index is 0.234. The number of hydrogen-bond donors (Lipinski definition) is 2. The Bertz CT molecular complexity index is 413. The molecule has 1 aromatic heterocycles. The Labute approximate surface area is 106 Å². The second-order valence-electron chi connectivity index (χ2n) is 4.43. The Morgan fingerprint density at radius 3 is 3.00 bits per heavy atom. The molecule has 94 valence electrons. The van der Waals surface area contributed by atoms with Crippen LogP contribution < -0.4 is 10.6 Å². The standard InChI is InChI=1S/C11H17ClN4O/c1-7-9(13)10(15-11(12)14-7)16-4-2-8(6-16)3-5-17/h8,17H,2-6,13H2,1H3. The van der Waals surface area contributed by atoms with Crippen LogP contribution in [0, 0.1) is 12.8 Å². The average molecular weight is 257 g/mol. The normalized spacial score (nSPS) is 19.9. The monoisotopic (exact) mass is 256 g/mol. The Morgan fingerprint density at radius 1 is 1.53 bits per heavy atom. The molecule has 0 amide bonds. The van der Waals surface area contributed by atoms with Crippen LogP contribution >= 0.6 is 11.6 Å². The summed E-state index contributed by atoms with van der Waals surface area (Å²) in [4.78, 5) is 10.3. The summed E-state index contributed by atoms with van der Waals surface area (Å²) >= 11 is 5.85. The van der Waals surface area contributed by atoms with Crippen molar-refractivity contribution < 1.29 is 5.11 Å². The van der Waals surface area contributed by atoms with Crippen molar-refractivity contribution in [2.75, 3.05) is 30.3 Å². The van der Waals surface area contributed by atoms with Crippen molar-refractivity contribution in [3.63, 3.8) is 0 Å². The van der Waals surface area contributed by atoms with Crippen molar-refractivity contribution in [2.24, 2.45) is 5.92 Å². The Morgan fingerprint density at radius 2 is 2.29 bits per heavy atom. The van der Waals surface area contributed by atoms with Gasteiger partial charge in [0.05, 0.1) is 11.4 Å². The molecule has 0 saturated carbocycles. The lowest BCUT2D eigenvalue weighted by Gasteiger charge is -2.20. The smallest absolute Gasteiger partial charge is 0.224 e. The second kappa shape index (κ2) is 5.06. The highest BCUT2D eigenvalue weighted by atomic mass is 35.5. The maximum Gasteiger partial charge on any atom is 0.224 e. The van der Waals surface area contributed by atoms with Gasteiger partial charge in [0.25, 0.3) is 0 Å². The summed E-state index contributed by atoms with van der Waals surface area (Å²) in [6.45, 7) is 3.84. The largest absolute Gasteiger partial charge is 0.396 e. The zero-order valence-corrected chi connectivity index (χ0v) is 10.6. The van der Waals surface area contributed by atoms with Gasteiger partial charge in [-0.1, -0.05) is 0 Å². The van der Waals surface area contributed by atoms with Crippen molar-refractivity contribution in [2.45, 2.75) is 19.8 Å². The number of halogens is 1. The minimum Gasteiger partial charge on any atom is -0.396 e. The summed E-state index contributed by atoms with van der Waals surface area (Å²) < 4.78 is 0. The lowest BCUT2D eigenvalue weighted by molar-refractivity contribution is 0.263. The van der Waals surface area contributed by atoms with Gasteiger partial charge in [0.2, 0.25) is 5.28 Å². The fourth-order valence-electron chi connectivity index (χ4n) is 2.22. The lowest BCUT2D eigenvalue weighted by Crippen LogP contribution is -2.23. The van der Waals surface area contributed by atoms with E-state index in [0.717, 1.165) is 31.7 Å². The number of hydrogen-bond acceptors (Lipinski definition) is 5. The van der Waals surface area contributed by atoms with E-state index in [1.165, 1.54) is 0 Å². The Balaban J connectivity index is 2.18. The molecule has 0 bridgehead atoms. The van der Waals surface area contributed by atoms with Gasteiger partial charge in [0, 0.05) is 19.7 Å². The van der Waals surface area contributed by atoms with Gasteiger partial charge in [-0.3, -0.25) is 0 Å². The molecule has 17 heavy (non-hydrogen) atoms. The number of nitrogen functional groups attached to an aromatic ring is 1. The van der Waals surface area contributed by atoms with E-state index in [-0.39, 0.29) is 11.9 Å². The SMILES string of the molecule is Cc1nc(Cl)nc(N2CCC(CCO)C2)c1N. The number of aryl methyl sites for hydroxylation is 1. The van der Waals surface area contributed by atoms with Crippen molar-refractivity contribution in [3.05, 3.63) is 11.0 Å². The van der Waals surface area contributed by atoms with E-state index < -0.39 is 0 Å². The fraction of sp³-hybridized carbons (Fsp3) is 0.636. The van der Waals surface area contributed by atoms with Crippen molar-refractivity contribution in [3.8, 4) is 0 Å². The number of anilines is 2. The molecule has 6 heteroatoms. The third kappa shape index (κ3) is 2.61. The average Bonchev–Trinajstić information content (AvgIpc) is 2.72. The van der Waals surface area contributed by atoms with Crippen LogP contribution in [-0.4, -0.2) is 34.8 Å². The molecule has 0 radical (unpaired) electrons. The quantitative estimate of drug-likeness (QED) is 0.796. The number of aliphatic hydroxyl groups excluding tert-OH is 1. The van der Waals surface area contributed by atoms with Crippen molar-refractivity contribution in [1.82, 2.24) is 9.97 Å². The molecule has 1 aliphatic rings. The second-order valence-corrected chi connectivity index (χ2v) is 4.77. The zero-order valence-electron chi connectivity index (χ0n) is 9.86. The number of aromatic nitrogens is 2. The van der Waals surface area contributed by atoms with Crippen LogP contribution in [0.15, 0.2) is 0 Å². The molecule has 5 nitrogen and oxygen atoms in total. The van der Waals surface area contributed by atoms with Gasteiger partial charge in [-0.15, -0.1) is 0 Å². The van der Waals surface area contributed by atoms with Crippen LogP contribution in [0.4, 0.5) is 11.5 Å². The summed E-state index contributed by atoms with van der Waals surface area (Å²) in [7, 11) is 0. The van der Waals surface area contributed by atoms with E-state index in [4.69, 9.17) is 22.4 Å². The first-order valence-electron chi connectivity index (χ1n) is 5.77. The van der Waals surface area contributed by atoms with E-state index in [1.54, 1.807) is 0 Å². The number of aliphatic hydroxyl groups is 1.